The van der Waals surface area contributed by atoms with Crippen molar-refractivity contribution in [1.29, 1.82) is 0 Å². The Labute approximate surface area is 178 Å². The molecule has 7 nitrogen and oxygen atoms in total. The molecule has 0 spiro atoms. The third-order valence-electron chi connectivity index (χ3n) is 5.57. The first-order chi connectivity index (χ1) is 14.6. The Kier molecular flexibility index (Phi) is 6.38. The Bertz CT molecular complexity index is 866. The highest BCUT2D eigenvalue weighted by Gasteiger charge is 2.23. The standard InChI is InChI=1S/C23H30N4O3/c1-3-29-20-13-18-12-17(2)30-21(18)14-19(20)15-25-23(28)16-26-8-10-27(11-9-26)22-6-4-5-7-24-22/h4-7,13-14,17H,3,8-12,15-16H2,1-2H3,(H,25,28)/t17-/m0/s1. The first-order valence-electron chi connectivity index (χ1n) is 10.7. The molecule has 0 saturated carbocycles. The van der Waals surface area contributed by atoms with Crippen molar-refractivity contribution in [2.24, 2.45) is 0 Å². The Morgan fingerprint density at radius 1 is 1.27 bits per heavy atom. The number of amides is 1. The fraction of sp³-hybridized carbons (Fsp3) is 0.478. The molecule has 4 rings (SSSR count). The van der Waals surface area contributed by atoms with Crippen LogP contribution in [0.4, 0.5) is 5.82 Å². The van der Waals surface area contributed by atoms with Crippen molar-refractivity contribution in [3.05, 3.63) is 47.7 Å². The summed E-state index contributed by atoms with van der Waals surface area (Å²) in [5, 5.41) is 3.05. The zero-order valence-electron chi connectivity index (χ0n) is 17.8. The Morgan fingerprint density at radius 2 is 2.10 bits per heavy atom. The number of nitrogens with zero attached hydrogens (tertiary/aromatic N) is 3. The summed E-state index contributed by atoms with van der Waals surface area (Å²) < 4.78 is 11.7. The number of carbonyl (C=O) groups is 1. The second-order valence-electron chi connectivity index (χ2n) is 7.86. The minimum Gasteiger partial charge on any atom is -0.494 e. The second-order valence-corrected chi connectivity index (χ2v) is 7.86. The summed E-state index contributed by atoms with van der Waals surface area (Å²) in [6.45, 7) is 8.91. The number of carbonyl (C=O) groups excluding carboxylic acids is 1. The van der Waals surface area contributed by atoms with E-state index in [1.54, 1.807) is 0 Å². The van der Waals surface area contributed by atoms with E-state index in [1.807, 2.05) is 37.4 Å². The minimum absolute atomic E-state index is 0.0264. The van der Waals surface area contributed by atoms with Gasteiger partial charge in [0.1, 0.15) is 23.4 Å². The monoisotopic (exact) mass is 410 g/mol. The molecule has 3 heterocycles. The molecule has 1 aromatic heterocycles. The predicted octanol–water partition coefficient (Wildman–Crippen LogP) is 2.24. The summed E-state index contributed by atoms with van der Waals surface area (Å²) in [6.07, 6.45) is 2.90. The molecule has 30 heavy (non-hydrogen) atoms. The topological polar surface area (TPSA) is 66.9 Å². The van der Waals surface area contributed by atoms with Gasteiger partial charge in [-0.05, 0) is 38.1 Å². The maximum Gasteiger partial charge on any atom is 0.234 e. The average Bonchev–Trinajstić information content (AvgIpc) is 3.12. The van der Waals surface area contributed by atoms with Gasteiger partial charge in [0, 0.05) is 56.5 Å². The minimum atomic E-state index is 0.0264. The smallest absolute Gasteiger partial charge is 0.234 e. The van der Waals surface area contributed by atoms with Gasteiger partial charge in [0.05, 0.1) is 13.2 Å². The van der Waals surface area contributed by atoms with Crippen molar-refractivity contribution in [1.82, 2.24) is 15.2 Å². The van der Waals surface area contributed by atoms with Crippen LogP contribution >= 0.6 is 0 Å². The molecular weight excluding hydrogens is 380 g/mol. The van der Waals surface area contributed by atoms with Crippen LogP contribution in [-0.4, -0.2) is 61.2 Å². The molecule has 0 aliphatic carbocycles. The van der Waals surface area contributed by atoms with Crippen LogP contribution in [0.5, 0.6) is 11.5 Å². The lowest BCUT2D eigenvalue weighted by Crippen LogP contribution is -2.49. The van der Waals surface area contributed by atoms with Gasteiger partial charge in [0.25, 0.3) is 0 Å². The van der Waals surface area contributed by atoms with Crippen molar-refractivity contribution >= 4 is 11.7 Å². The number of fused-ring (bicyclic) bond motifs is 1. The molecule has 0 bridgehead atoms. The largest absolute Gasteiger partial charge is 0.494 e. The van der Waals surface area contributed by atoms with Crippen LogP contribution in [-0.2, 0) is 17.8 Å². The molecule has 2 aliphatic rings. The molecule has 0 radical (unpaired) electrons. The first kappa shape index (κ1) is 20.5. The SMILES string of the molecule is CCOc1cc2c(cc1CNC(=O)CN1CCN(c3ccccn3)CC1)O[C@@H](C)C2. The summed E-state index contributed by atoms with van der Waals surface area (Å²) >= 11 is 0. The van der Waals surface area contributed by atoms with Crippen LogP contribution in [0.3, 0.4) is 0 Å². The molecule has 1 saturated heterocycles. The van der Waals surface area contributed by atoms with E-state index in [-0.39, 0.29) is 12.0 Å². The molecule has 7 heteroatoms. The number of hydrogen-bond acceptors (Lipinski definition) is 6. The number of benzene rings is 1. The Morgan fingerprint density at radius 3 is 2.83 bits per heavy atom. The van der Waals surface area contributed by atoms with Crippen LogP contribution in [0.1, 0.15) is 25.0 Å². The second kappa shape index (κ2) is 9.34. The fourth-order valence-corrected chi connectivity index (χ4v) is 4.04. The molecule has 1 N–H and O–H groups in total. The molecular formula is C23H30N4O3. The molecule has 1 aromatic carbocycles. The average molecular weight is 411 g/mol. The Balaban J connectivity index is 1.29. The number of anilines is 1. The maximum atomic E-state index is 12.5. The highest BCUT2D eigenvalue weighted by Crippen LogP contribution is 2.35. The third kappa shape index (κ3) is 4.84. The van der Waals surface area contributed by atoms with Gasteiger partial charge in [0.15, 0.2) is 0 Å². The van der Waals surface area contributed by atoms with E-state index >= 15 is 0 Å². The zero-order chi connectivity index (χ0) is 20.9. The molecule has 0 unspecified atom stereocenters. The summed E-state index contributed by atoms with van der Waals surface area (Å²) in [7, 11) is 0. The van der Waals surface area contributed by atoms with E-state index in [9.17, 15) is 4.79 Å². The van der Waals surface area contributed by atoms with Crippen molar-refractivity contribution in [3.63, 3.8) is 0 Å². The van der Waals surface area contributed by atoms with Crippen molar-refractivity contribution in [3.8, 4) is 11.5 Å². The van der Waals surface area contributed by atoms with E-state index in [0.29, 0.717) is 19.7 Å². The highest BCUT2D eigenvalue weighted by atomic mass is 16.5. The lowest BCUT2D eigenvalue weighted by molar-refractivity contribution is -0.122. The molecule has 1 atom stereocenters. The van der Waals surface area contributed by atoms with Gasteiger partial charge in [0.2, 0.25) is 5.91 Å². The van der Waals surface area contributed by atoms with Crippen LogP contribution in [0.15, 0.2) is 36.5 Å². The van der Waals surface area contributed by atoms with Gasteiger partial charge in [-0.15, -0.1) is 0 Å². The van der Waals surface area contributed by atoms with Gasteiger partial charge in [-0.2, -0.15) is 0 Å². The predicted molar refractivity (Wildman–Crippen MR) is 116 cm³/mol. The number of rotatable bonds is 7. The van der Waals surface area contributed by atoms with Crippen LogP contribution < -0.4 is 19.7 Å². The number of aromatic nitrogens is 1. The molecule has 1 amide bonds. The van der Waals surface area contributed by atoms with E-state index in [1.165, 1.54) is 5.56 Å². The maximum absolute atomic E-state index is 12.5. The lowest BCUT2D eigenvalue weighted by Gasteiger charge is -2.34. The number of hydrogen-bond donors (Lipinski definition) is 1. The number of pyridine rings is 1. The zero-order valence-corrected chi connectivity index (χ0v) is 17.8. The van der Waals surface area contributed by atoms with Gasteiger partial charge in [-0.25, -0.2) is 4.98 Å². The van der Waals surface area contributed by atoms with Crippen molar-refractivity contribution in [2.75, 3.05) is 44.2 Å². The van der Waals surface area contributed by atoms with Gasteiger partial charge in [-0.3, -0.25) is 9.69 Å². The summed E-state index contributed by atoms with van der Waals surface area (Å²) in [4.78, 5) is 21.4. The Hall–Kier alpha value is -2.80. The van der Waals surface area contributed by atoms with E-state index in [2.05, 4.69) is 33.1 Å². The highest BCUT2D eigenvalue weighted by molar-refractivity contribution is 5.78. The molecule has 160 valence electrons. The van der Waals surface area contributed by atoms with Crippen LogP contribution in [0.25, 0.3) is 0 Å². The first-order valence-corrected chi connectivity index (χ1v) is 10.7. The fourth-order valence-electron chi connectivity index (χ4n) is 4.04. The number of piperazine rings is 1. The number of nitrogens with one attached hydrogen (secondary N) is 1. The van der Waals surface area contributed by atoms with Gasteiger partial charge < -0.3 is 19.7 Å². The van der Waals surface area contributed by atoms with Crippen LogP contribution in [0, 0.1) is 0 Å². The normalized spacial score (nSPS) is 18.6. The van der Waals surface area contributed by atoms with Crippen LogP contribution in [0.2, 0.25) is 0 Å². The summed E-state index contributed by atoms with van der Waals surface area (Å²) in [5.74, 6) is 2.76. The van der Waals surface area contributed by atoms with Crippen molar-refractivity contribution < 1.29 is 14.3 Å². The van der Waals surface area contributed by atoms with Gasteiger partial charge in [-0.1, -0.05) is 6.07 Å². The third-order valence-corrected chi connectivity index (χ3v) is 5.57. The lowest BCUT2D eigenvalue weighted by atomic mass is 10.1. The van der Waals surface area contributed by atoms with E-state index in [4.69, 9.17) is 9.47 Å². The van der Waals surface area contributed by atoms with Crippen molar-refractivity contribution in [2.45, 2.75) is 32.9 Å². The number of ether oxygens (including phenoxy) is 2. The quantitative estimate of drug-likeness (QED) is 0.755. The van der Waals surface area contributed by atoms with E-state index < -0.39 is 0 Å². The summed E-state index contributed by atoms with van der Waals surface area (Å²) in [5.41, 5.74) is 2.13. The molecule has 2 aromatic rings. The van der Waals surface area contributed by atoms with E-state index in [0.717, 1.165) is 55.5 Å². The molecule has 2 aliphatic heterocycles. The molecule has 1 fully saturated rings. The van der Waals surface area contributed by atoms with Gasteiger partial charge >= 0.3 is 0 Å². The summed E-state index contributed by atoms with van der Waals surface area (Å²) in [6, 6.07) is 10.0.